The first-order chi connectivity index (χ1) is 17.6. The number of nitrogen functional groups attached to an aromatic ring is 1. The van der Waals surface area contributed by atoms with Gasteiger partial charge in [-0.25, -0.2) is 13.4 Å². The van der Waals surface area contributed by atoms with Gasteiger partial charge in [0.05, 0.1) is 18.6 Å². The Balaban J connectivity index is 1.37. The third kappa shape index (κ3) is 5.73. The Morgan fingerprint density at radius 1 is 1.16 bits per heavy atom. The molecule has 0 radical (unpaired) electrons. The van der Waals surface area contributed by atoms with E-state index in [2.05, 4.69) is 20.1 Å². The summed E-state index contributed by atoms with van der Waals surface area (Å²) in [7, 11) is -0.896. The predicted octanol–water partition coefficient (Wildman–Crippen LogP) is 1.45. The molecule has 1 amide bonds. The molecule has 0 atom stereocenters. The van der Waals surface area contributed by atoms with Crippen LogP contribution in [-0.4, -0.2) is 83.9 Å². The maximum Gasteiger partial charge on any atom is 0.311 e. The van der Waals surface area contributed by atoms with Gasteiger partial charge in [-0.3, -0.25) is 9.69 Å². The molecule has 2 aromatic heterocycles. The van der Waals surface area contributed by atoms with E-state index in [-0.39, 0.29) is 29.1 Å². The Morgan fingerprint density at radius 3 is 2.46 bits per heavy atom. The number of nitrogens with zero attached hydrogens (tertiary/aromatic N) is 6. The number of carbonyl (C=O) groups excluding carboxylic acids is 1. The number of benzene rings is 1. The molecule has 3 aromatic rings. The van der Waals surface area contributed by atoms with E-state index < -0.39 is 10.0 Å². The average Bonchev–Trinajstić information content (AvgIpc) is 3.33. The van der Waals surface area contributed by atoms with Crippen LogP contribution in [0.15, 0.2) is 39.8 Å². The third-order valence-electron chi connectivity index (χ3n) is 6.33. The molecular weight excluding hydrogens is 498 g/mol. The number of nitrogens with two attached hydrogens (primary N) is 1. The molecule has 1 aliphatic heterocycles. The number of sulfonamides is 1. The number of hydrogen-bond donors (Lipinski definition) is 1. The van der Waals surface area contributed by atoms with Crippen LogP contribution in [0.4, 0.5) is 5.82 Å². The summed E-state index contributed by atoms with van der Waals surface area (Å²) in [6.07, 6.45) is 1.66. The first-order valence-electron chi connectivity index (χ1n) is 11.7. The zero-order chi connectivity index (χ0) is 26.7. The molecule has 1 fully saturated rings. The van der Waals surface area contributed by atoms with Crippen molar-refractivity contribution in [2.45, 2.75) is 31.8 Å². The van der Waals surface area contributed by atoms with Crippen molar-refractivity contribution in [3.63, 3.8) is 0 Å². The summed E-state index contributed by atoms with van der Waals surface area (Å²) >= 11 is 0. The molecule has 0 unspecified atom stereocenters. The molecular formula is C24H31N7O5S. The minimum absolute atomic E-state index is 0.0314. The fourth-order valence-electron chi connectivity index (χ4n) is 4.34. The topological polar surface area (TPSA) is 148 Å². The van der Waals surface area contributed by atoms with Crippen LogP contribution in [0, 0.1) is 13.8 Å². The van der Waals surface area contributed by atoms with E-state index in [1.165, 1.54) is 14.2 Å². The lowest BCUT2D eigenvalue weighted by atomic mass is 10.1. The number of methoxy groups -OCH3 is 1. The normalized spacial score (nSPS) is 14.8. The van der Waals surface area contributed by atoms with Gasteiger partial charge in [-0.1, -0.05) is 6.07 Å². The number of carbonyl (C=O) groups is 1. The van der Waals surface area contributed by atoms with Crippen LogP contribution in [0.3, 0.4) is 0 Å². The molecule has 0 bridgehead atoms. The van der Waals surface area contributed by atoms with Crippen molar-refractivity contribution in [1.29, 1.82) is 0 Å². The Labute approximate surface area is 216 Å². The monoisotopic (exact) mass is 529 g/mol. The predicted molar refractivity (Wildman–Crippen MR) is 135 cm³/mol. The SMILES string of the molecule is COc1cc(C)c(S(=O)(=O)N(C)Cc2nnc(C(=O)N3CCN(Cc4cccnc4N)CC3)o2)c(C)c1. The summed E-state index contributed by atoms with van der Waals surface area (Å²) in [6, 6.07) is 7.13. The van der Waals surface area contributed by atoms with E-state index in [1.807, 2.05) is 12.1 Å². The zero-order valence-electron chi connectivity index (χ0n) is 21.3. The van der Waals surface area contributed by atoms with Gasteiger partial charge in [0.15, 0.2) is 0 Å². The van der Waals surface area contributed by atoms with Crippen molar-refractivity contribution in [2.75, 3.05) is 46.1 Å². The van der Waals surface area contributed by atoms with Gasteiger partial charge in [-0.15, -0.1) is 10.2 Å². The highest BCUT2D eigenvalue weighted by Crippen LogP contribution is 2.28. The number of ether oxygens (including phenoxy) is 1. The quantitative estimate of drug-likeness (QED) is 0.454. The van der Waals surface area contributed by atoms with E-state index in [0.717, 1.165) is 9.87 Å². The third-order valence-corrected chi connectivity index (χ3v) is 8.43. The molecule has 0 saturated carbocycles. The molecule has 198 valence electrons. The van der Waals surface area contributed by atoms with Gasteiger partial charge in [-0.2, -0.15) is 4.31 Å². The van der Waals surface area contributed by atoms with E-state index >= 15 is 0 Å². The molecule has 2 N–H and O–H groups in total. The number of aryl methyl sites for hydroxylation is 2. The number of piperazine rings is 1. The first-order valence-corrected chi connectivity index (χ1v) is 13.2. The smallest absolute Gasteiger partial charge is 0.311 e. The lowest BCUT2D eigenvalue weighted by Crippen LogP contribution is -2.48. The van der Waals surface area contributed by atoms with E-state index in [9.17, 15) is 13.2 Å². The summed E-state index contributed by atoms with van der Waals surface area (Å²) in [5.74, 6) is 0.570. The van der Waals surface area contributed by atoms with E-state index in [1.54, 1.807) is 37.1 Å². The molecule has 13 heteroatoms. The Kier molecular flexibility index (Phi) is 7.76. The average molecular weight is 530 g/mol. The van der Waals surface area contributed by atoms with Gasteiger partial charge < -0.3 is 19.8 Å². The molecule has 1 aromatic carbocycles. The molecule has 37 heavy (non-hydrogen) atoms. The highest BCUT2D eigenvalue weighted by atomic mass is 32.2. The fraction of sp³-hybridized carbons (Fsp3) is 0.417. The summed E-state index contributed by atoms with van der Waals surface area (Å²) in [5.41, 5.74) is 8.01. The maximum atomic E-state index is 13.3. The van der Waals surface area contributed by atoms with Gasteiger partial charge in [-0.05, 0) is 43.2 Å². The molecule has 3 heterocycles. The molecule has 12 nitrogen and oxygen atoms in total. The second-order valence-electron chi connectivity index (χ2n) is 8.97. The molecule has 0 spiro atoms. The van der Waals surface area contributed by atoms with Gasteiger partial charge >= 0.3 is 11.8 Å². The number of amides is 1. The zero-order valence-corrected chi connectivity index (χ0v) is 22.2. The van der Waals surface area contributed by atoms with Crippen LogP contribution in [0.2, 0.25) is 0 Å². The van der Waals surface area contributed by atoms with Crippen LogP contribution in [0.25, 0.3) is 0 Å². The Morgan fingerprint density at radius 2 is 1.84 bits per heavy atom. The van der Waals surface area contributed by atoms with Gasteiger partial charge in [0.1, 0.15) is 11.6 Å². The van der Waals surface area contributed by atoms with Crippen molar-refractivity contribution in [3.05, 3.63) is 58.9 Å². The van der Waals surface area contributed by atoms with Crippen molar-refractivity contribution >= 4 is 21.7 Å². The maximum absolute atomic E-state index is 13.3. The Bertz CT molecular complexity index is 1360. The highest BCUT2D eigenvalue weighted by Gasteiger charge is 2.29. The van der Waals surface area contributed by atoms with Crippen molar-refractivity contribution in [1.82, 2.24) is 29.3 Å². The van der Waals surface area contributed by atoms with Crippen LogP contribution in [0.5, 0.6) is 5.75 Å². The fourth-order valence-corrected chi connectivity index (χ4v) is 5.86. The van der Waals surface area contributed by atoms with E-state index in [4.69, 9.17) is 14.9 Å². The summed E-state index contributed by atoms with van der Waals surface area (Å²) in [5, 5.41) is 7.78. The van der Waals surface area contributed by atoms with E-state index in [0.29, 0.717) is 55.4 Å². The molecule has 1 aliphatic rings. The standard InChI is InChI=1S/C24H31N7O5S/c1-16-12-19(35-4)13-17(2)21(16)37(33,34)29(3)15-20-27-28-23(36-20)24(32)31-10-8-30(9-11-31)14-18-6-5-7-26-22(18)25/h5-7,12-13H,8-11,14-15H2,1-4H3,(H2,25,26). The highest BCUT2D eigenvalue weighted by molar-refractivity contribution is 7.89. The summed E-state index contributed by atoms with van der Waals surface area (Å²) in [4.78, 5) is 21.1. The number of aromatic nitrogens is 3. The number of rotatable bonds is 8. The van der Waals surface area contributed by atoms with Crippen LogP contribution >= 0.6 is 0 Å². The molecule has 1 saturated heterocycles. The van der Waals surface area contributed by atoms with Crippen molar-refractivity contribution in [3.8, 4) is 5.75 Å². The van der Waals surface area contributed by atoms with Gasteiger partial charge in [0.25, 0.3) is 0 Å². The molecule has 4 rings (SSSR count). The summed E-state index contributed by atoms with van der Waals surface area (Å²) in [6.45, 7) is 6.19. The summed E-state index contributed by atoms with van der Waals surface area (Å²) < 4.78 is 38.4. The minimum Gasteiger partial charge on any atom is -0.497 e. The lowest BCUT2D eigenvalue weighted by molar-refractivity contribution is 0.0587. The minimum atomic E-state index is -3.85. The largest absolute Gasteiger partial charge is 0.497 e. The first kappa shape index (κ1) is 26.5. The Hall–Kier alpha value is -3.55. The number of hydrogen-bond acceptors (Lipinski definition) is 10. The van der Waals surface area contributed by atoms with Crippen molar-refractivity contribution < 1.29 is 22.4 Å². The number of anilines is 1. The van der Waals surface area contributed by atoms with Gasteiger partial charge in [0, 0.05) is 51.5 Å². The van der Waals surface area contributed by atoms with Gasteiger partial charge in [0.2, 0.25) is 15.9 Å². The van der Waals surface area contributed by atoms with Crippen molar-refractivity contribution in [2.24, 2.45) is 0 Å². The molecule has 0 aliphatic carbocycles. The second-order valence-corrected chi connectivity index (χ2v) is 11.0. The van der Waals surface area contributed by atoms with Crippen LogP contribution < -0.4 is 10.5 Å². The van der Waals surface area contributed by atoms with Crippen LogP contribution in [-0.2, 0) is 23.1 Å². The van der Waals surface area contributed by atoms with Crippen LogP contribution in [0.1, 0.15) is 33.3 Å². The second kappa shape index (κ2) is 10.8. The lowest BCUT2D eigenvalue weighted by Gasteiger charge is -2.34. The number of pyridine rings is 1.